The summed E-state index contributed by atoms with van der Waals surface area (Å²) in [7, 11) is 1.72. The monoisotopic (exact) mass is 383 g/mol. The average molecular weight is 384 g/mol. The number of hydrogen-bond acceptors (Lipinski definition) is 4. The molecule has 3 aliphatic rings. The summed E-state index contributed by atoms with van der Waals surface area (Å²) >= 11 is 0. The fourth-order valence-corrected chi connectivity index (χ4v) is 5.25. The number of rotatable bonds is 8. The SMILES string of the molecule is COc1ccc2cnn(CC(C)CN3C4CCC3CC(OCC3CC3)C4)c2c1. The largest absolute Gasteiger partial charge is 0.497 e. The summed E-state index contributed by atoms with van der Waals surface area (Å²) in [5.74, 6) is 2.34. The minimum atomic E-state index is 0.507. The smallest absolute Gasteiger partial charge is 0.121 e. The van der Waals surface area contributed by atoms with Crippen LogP contribution in [0, 0.1) is 11.8 Å². The summed E-state index contributed by atoms with van der Waals surface area (Å²) in [4.78, 5) is 2.79. The Morgan fingerprint density at radius 3 is 2.61 bits per heavy atom. The van der Waals surface area contributed by atoms with Crippen LogP contribution in [-0.2, 0) is 11.3 Å². The lowest BCUT2D eigenvalue weighted by Gasteiger charge is -2.40. The van der Waals surface area contributed by atoms with Crippen LogP contribution >= 0.6 is 0 Å². The van der Waals surface area contributed by atoms with Gasteiger partial charge in [-0.3, -0.25) is 9.58 Å². The highest BCUT2D eigenvalue weighted by Gasteiger charge is 2.41. The lowest BCUT2D eigenvalue weighted by molar-refractivity contribution is -0.0276. The van der Waals surface area contributed by atoms with Crippen LogP contribution in [0.3, 0.4) is 0 Å². The van der Waals surface area contributed by atoms with Gasteiger partial charge >= 0.3 is 0 Å². The van der Waals surface area contributed by atoms with Gasteiger partial charge in [-0.1, -0.05) is 6.92 Å². The number of nitrogens with zero attached hydrogens (tertiary/aromatic N) is 3. The van der Waals surface area contributed by atoms with E-state index in [-0.39, 0.29) is 0 Å². The fraction of sp³-hybridized carbons (Fsp3) is 0.696. The zero-order chi connectivity index (χ0) is 19.1. The summed E-state index contributed by atoms with van der Waals surface area (Å²) in [6.45, 7) is 5.49. The van der Waals surface area contributed by atoms with Crippen LogP contribution in [0.15, 0.2) is 24.4 Å². The maximum absolute atomic E-state index is 6.24. The topological polar surface area (TPSA) is 39.5 Å². The zero-order valence-electron chi connectivity index (χ0n) is 17.2. The Morgan fingerprint density at radius 1 is 1.11 bits per heavy atom. The Balaban J connectivity index is 1.20. The van der Waals surface area contributed by atoms with E-state index in [1.54, 1.807) is 7.11 Å². The van der Waals surface area contributed by atoms with Crippen molar-refractivity contribution in [3.63, 3.8) is 0 Å². The third-order valence-electron chi connectivity index (χ3n) is 6.96. The van der Waals surface area contributed by atoms with Gasteiger partial charge in [0.15, 0.2) is 0 Å². The molecule has 28 heavy (non-hydrogen) atoms. The van der Waals surface area contributed by atoms with E-state index >= 15 is 0 Å². The second-order valence-corrected chi connectivity index (χ2v) is 9.31. The van der Waals surface area contributed by atoms with E-state index in [0.29, 0.717) is 12.0 Å². The molecule has 0 amide bonds. The van der Waals surface area contributed by atoms with Crippen molar-refractivity contribution in [2.24, 2.45) is 11.8 Å². The lowest BCUT2D eigenvalue weighted by Crippen LogP contribution is -2.47. The third kappa shape index (κ3) is 3.79. The maximum Gasteiger partial charge on any atom is 0.121 e. The predicted molar refractivity (Wildman–Crippen MR) is 111 cm³/mol. The molecule has 0 radical (unpaired) electrons. The summed E-state index contributed by atoms with van der Waals surface area (Å²) < 4.78 is 13.8. The van der Waals surface area contributed by atoms with Gasteiger partial charge < -0.3 is 9.47 Å². The summed E-state index contributed by atoms with van der Waals surface area (Å²) in [5.41, 5.74) is 1.17. The van der Waals surface area contributed by atoms with Crippen molar-refractivity contribution in [3.8, 4) is 5.75 Å². The van der Waals surface area contributed by atoms with E-state index in [4.69, 9.17) is 9.47 Å². The first-order valence-corrected chi connectivity index (χ1v) is 11.1. The van der Waals surface area contributed by atoms with Crippen molar-refractivity contribution in [2.45, 2.75) is 70.2 Å². The van der Waals surface area contributed by atoms with Gasteiger partial charge in [0.2, 0.25) is 0 Å². The molecule has 3 fully saturated rings. The first-order chi connectivity index (χ1) is 13.7. The standard InChI is InChI=1S/C23H33N3O2/c1-16(14-26-23-11-21(27-2)8-5-18(23)12-24-26)13-25-19-6-7-20(25)10-22(9-19)28-15-17-3-4-17/h5,8,11-12,16-17,19-20,22H,3-4,6-7,9-10,13-15H2,1-2H3. The molecule has 5 rings (SSSR count). The van der Waals surface area contributed by atoms with Gasteiger partial charge in [-0.25, -0.2) is 0 Å². The quantitative estimate of drug-likeness (QED) is 0.688. The second-order valence-electron chi connectivity index (χ2n) is 9.31. The van der Waals surface area contributed by atoms with E-state index < -0.39 is 0 Å². The minimum Gasteiger partial charge on any atom is -0.497 e. The summed E-state index contributed by atoms with van der Waals surface area (Å²) in [6, 6.07) is 7.64. The molecule has 1 aromatic carbocycles. The van der Waals surface area contributed by atoms with Crippen molar-refractivity contribution < 1.29 is 9.47 Å². The molecule has 0 spiro atoms. The number of piperidine rings is 1. The van der Waals surface area contributed by atoms with E-state index in [9.17, 15) is 0 Å². The minimum absolute atomic E-state index is 0.507. The van der Waals surface area contributed by atoms with Gasteiger partial charge in [0, 0.05) is 43.2 Å². The van der Waals surface area contributed by atoms with E-state index in [1.165, 1.54) is 49.4 Å². The van der Waals surface area contributed by atoms with Crippen molar-refractivity contribution in [3.05, 3.63) is 24.4 Å². The van der Waals surface area contributed by atoms with Crippen LogP contribution in [0.25, 0.3) is 10.9 Å². The van der Waals surface area contributed by atoms with Gasteiger partial charge in [0.1, 0.15) is 5.75 Å². The molecule has 152 valence electrons. The van der Waals surface area contributed by atoms with Gasteiger partial charge in [-0.2, -0.15) is 5.10 Å². The molecule has 0 N–H and O–H groups in total. The van der Waals surface area contributed by atoms with Crippen LogP contribution in [0.4, 0.5) is 0 Å². The highest BCUT2D eigenvalue weighted by Crippen LogP contribution is 2.38. The molecular formula is C23H33N3O2. The summed E-state index contributed by atoms with van der Waals surface area (Å²) in [5, 5.41) is 5.82. The number of hydrogen-bond donors (Lipinski definition) is 0. The molecular weight excluding hydrogens is 350 g/mol. The molecule has 3 heterocycles. The normalized spacial score (nSPS) is 28.7. The van der Waals surface area contributed by atoms with E-state index in [1.807, 2.05) is 12.3 Å². The number of fused-ring (bicyclic) bond motifs is 3. The molecule has 5 nitrogen and oxygen atoms in total. The number of aromatic nitrogens is 2. The van der Waals surface area contributed by atoms with Crippen LogP contribution in [0.2, 0.25) is 0 Å². The first-order valence-electron chi connectivity index (χ1n) is 11.1. The van der Waals surface area contributed by atoms with Crippen molar-refractivity contribution in [2.75, 3.05) is 20.3 Å². The van der Waals surface area contributed by atoms with Crippen LogP contribution in [0.5, 0.6) is 5.75 Å². The molecule has 3 atom stereocenters. The Hall–Kier alpha value is -1.59. The first kappa shape index (κ1) is 18.4. The molecule has 3 unspecified atom stereocenters. The second kappa shape index (κ2) is 7.68. The Bertz CT molecular complexity index is 801. The van der Waals surface area contributed by atoms with Gasteiger partial charge in [-0.15, -0.1) is 0 Å². The van der Waals surface area contributed by atoms with Crippen molar-refractivity contribution in [1.82, 2.24) is 14.7 Å². The van der Waals surface area contributed by atoms with Gasteiger partial charge in [0.05, 0.1) is 24.9 Å². The van der Waals surface area contributed by atoms with Gasteiger partial charge in [0.25, 0.3) is 0 Å². The third-order valence-corrected chi connectivity index (χ3v) is 6.96. The van der Waals surface area contributed by atoms with E-state index in [2.05, 4.69) is 33.7 Å². The van der Waals surface area contributed by atoms with Crippen molar-refractivity contribution >= 4 is 10.9 Å². The molecule has 2 saturated heterocycles. The lowest BCUT2D eigenvalue weighted by atomic mass is 9.98. The molecule has 2 aromatic rings. The average Bonchev–Trinajstić information content (AvgIpc) is 3.42. The van der Waals surface area contributed by atoms with Crippen LogP contribution < -0.4 is 4.74 Å². The van der Waals surface area contributed by atoms with Crippen LogP contribution in [0.1, 0.15) is 45.4 Å². The Labute approximate surface area is 168 Å². The predicted octanol–water partition coefficient (Wildman–Crippen LogP) is 4.10. The van der Waals surface area contributed by atoms with Crippen LogP contribution in [-0.4, -0.2) is 53.1 Å². The molecule has 5 heteroatoms. The van der Waals surface area contributed by atoms with Gasteiger partial charge in [-0.05, 0) is 62.5 Å². The number of benzene rings is 1. The highest BCUT2D eigenvalue weighted by molar-refractivity contribution is 5.80. The number of methoxy groups -OCH3 is 1. The molecule has 2 aliphatic heterocycles. The number of ether oxygens (including phenoxy) is 2. The highest BCUT2D eigenvalue weighted by atomic mass is 16.5. The maximum atomic E-state index is 6.24. The Morgan fingerprint density at radius 2 is 1.89 bits per heavy atom. The molecule has 1 aromatic heterocycles. The molecule has 1 saturated carbocycles. The van der Waals surface area contributed by atoms with E-state index in [0.717, 1.165) is 43.4 Å². The zero-order valence-corrected chi connectivity index (χ0v) is 17.2. The molecule has 1 aliphatic carbocycles. The fourth-order valence-electron chi connectivity index (χ4n) is 5.25. The molecule has 2 bridgehead atoms. The Kier molecular flexibility index (Phi) is 5.06. The van der Waals surface area contributed by atoms with Crippen molar-refractivity contribution in [1.29, 1.82) is 0 Å². The summed E-state index contributed by atoms with van der Waals surface area (Å²) in [6.07, 6.45) is 10.4.